The third-order valence-corrected chi connectivity index (χ3v) is 4.08. The topological polar surface area (TPSA) is 38.0 Å². The molecule has 2 aromatic rings. The minimum absolute atomic E-state index is 0.325. The standard InChI is InChI=1S/C14H12Br2F2N2/c15-9-3-8(4-11(18)6-9)5-14(20-19)12-7-10(17)1-2-13(12)16/h1-4,6-7,14,20H,5,19H2. The van der Waals surface area contributed by atoms with Crippen LogP contribution in [0, 0.1) is 11.6 Å². The van der Waals surface area contributed by atoms with Crippen LogP contribution in [-0.2, 0) is 6.42 Å². The third-order valence-electron chi connectivity index (χ3n) is 2.90. The van der Waals surface area contributed by atoms with Crippen molar-refractivity contribution in [3.63, 3.8) is 0 Å². The van der Waals surface area contributed by atoms with Gasteiger partial charge in [0.2, 0.25) is 0 Å². The van der Waals surface area contributed by atoms with Crippen molar-refractivity contribution in [3.8, 4) is 0 Å². The zero-order chi connectivity index (χ0) is 14.7. The molecule has 2 rings (SSSR count). The van der Waals surface area contributed by atoms with Crippen molar-refractivity contribution in [2.75, 3.05) is 0 Å². The summed E-state index contributed by atoms with van der Waals surface area (Å²) in [6.45, 7) is 0. The number of rotatable bonds is 4. The van der Waals surface area contributed by atoms with Gasteiger partial charge in [-0.2, -0.15) is 0 Å². The summed E-state index contributed by atoms with van der Waals surface area (Å²) in [4.78, 5) is 0. The van der Waals surface area contributed by atoms with E-state index in [0.29, 0.717) is 16.5 Å². The molecule has 6 heteroatoms. The van der Waals surface area contributed by atoms with Crippen molar-refractivity contribution < 1.29 is 8.78 Å². The molecule has 3 N–H and O–H groups in total. The maximum absolute atomic E-state index is 13.4. The molecular formula is C14H12Br2F2N2. The third kappa shape index (κ3) is 3.85. The zero-order valence-corrected chi connectivity index (χ0v) is 13.5. The minimum Gasteiger partial charge on any atom is -0.271 e. The first-order valence-corrected chi connectivity index (χ1v) is 7.44. The quantitative estimate of drug-likeness (QED) is 0.589. The first-order valence-electron chi connectivity index (χ1n) is 5.85. The van der Waals surface area contributed by atoms with Gasteiger partial charge in [-0.05, 0) is 53.9 Å². The minimum atomic E-state index is -0.344. The first kappa shape index (κ1) is 15.6. The fourth-order valence-corrected chi connectivity index (χ4v) is 3.04. The summed E-state index contributed by atoms with van der Waals surface area (Å²) >= 11 is 6.61. The maximum Gasteiger partial charge on any atom is 0.124 e. The van der Waals surface area contributed by atoms with E-state index in [1.54, 1.807) is 12.1 Å². The summed E-state index contributed by atoms with van der Waals surface area (Å²) < 4.78 is 28.1. The van der Waals surface area contributed by atoms with Gasteiger partial charge in [0.1, 0.15) is 11.6 Å². The average Bonchev–Trinajstić information content (AvgIpc) is 2.38. The summed E-state index contributed by atoms with van der Waals surface area (Å²) in [5.74, 6) is 4.88. The zero-order valence-electron chi connectivity index (χ0n) is 10.3. The second-order valence-electron chi connectivity index (χ2n) is 4.37. The summed E-state index contributed by atoms with van der Waals surface area (Å²) in [5.41, 5.74) is 4.09. The SMILES string of the molecule is NNC(Cc1cc(F)cc(Br)c1)c1cc(F)ccc1Br. The van der Waals surface area contributed by atoms with Crippen LogP contribution in [0.4, 0.5) is 8.78 Å². The Labute approximate surface area is 132 Å². The number of hydrogen-bond acceptors (Lipinski definition) is 2. The molecule has 0 saturated carbocycles. The molecule has 2 aromatic carbocycles. The van der Waals surface area contributed by atoms with Crippen molar-refractivity contribution in [1.29, 1.82) is 0 Å². The molecule has 0 radical (unpaired) electrons. The Morgan fingerprint density at radius 3 is 2.45 bits per heavy atom. The van der Waals surface area contributed by atoms with E-state index in [-0.39, 0.29) is 17.7 Å². The Kier molecular flexibility index (Phi) is 5.26. The number of halogens is 4. The summed E-state index contributed by atoms with van der Waals surface area (Å²) in [7, 11) is 0. The van der Waals surface area contributed by atoms with E-state index < -0.39 is 0 Å². The number of hydrogen-bond donors (Lipinski definition) is 2. The summed E-state index contributed by atoms with van der Waals surface area (Å²) in [6, 6.07) is 8.68. The predicted octanol–water partition coefficient (Wildman–Crippen LogP) is 4.24. The largest absolute Gasteiger partial charge is 0.271 e. The van der Waals surface area contributed by atoms with Crippen LogP contribution >= 0.6 is 31.9 Å². The van der Waals surface area contributed by atoms with Gasteiger partial charge in [-0.15, -0.1) is 0 Å². The van der Waals surface area contributed by atoms with Gasteiger partial charge >= 0.3 is 0 Å². The second kappa shape index (κ2) is 6.76. The van der Waals surface area contributed by atoms with Gasteiger partial charge < -0.3 is 0 Å². The molecule has 0 saturated heterocycles. The van der Waals surface area contributed by atoms with Gasteiger partial charge in [-0.1, -0.05) is 31.9 Å². The molecule has 2 nitrogen and oxygen atoms in total. The van der Waals surface area contributed by atoms with Gasteiger partial charge in [0.25, 0.3) is 0 Å². The maximum atomic E-state index is 13.4. The number of nitrogens with one attached hydrogen (secondary N) is 1. The highest BCUT2D eigenvalue weighted by atomic mass is 79.9. The highest BCUT2D eigenvalue weighted by Crippen LogP contribution is 2.27. The van der Waals surface area contributed by atoms with Crippen molar-refractivity contribution in [2.45, 2.75) is 12.5 Å². The molecule has 20 heavy (non-hydrogen) atoms. The van der Waals surface area contributed by atoms with Crippen LogP contribution in [0.15, 0.2) is 45.3 Å². The molecule has 0 aromatic heterocycles. The lowest BCUT2D eigenvalue weighted by molar-refractivity contribution is 0.539. The predicted molar refractivity (Wildman–Crippen MR) is 82.0 cm³/mol. The van der Waals surface area contributed by atoms with Crippen LogP contribution in [0.25, 0.3) is 0 Å². The van der Waals surface area contributed by atoms with Crippen molar-refractivity contribution in [1.82, 2.24) is 5.43 Å². The van der Waals surface area contributed by atoms with E-state index in [1.807, 2.05) is 0 Å². The van der Waals surface area contributed by atoms with Crippen molar-refractivity contribution >= 4 is 31.9 Å². The monoisotopic (exact) mass is 404 g/mol. The Hall–Kier alpha value is -0.820. The molecule has 106 valence electrons. The molecule has 1 unspecified atom stereocenters. The molecule has 0 spiro atoms. The van der Waals surface area contributed by atoms with Crippen LogP contribution in [0.2, 0.25) is 0 Å². The van der Waals surface area contributed by atoms with Crippen LogP contribution in [-0.4, -0.2) is 0 Å². The lowest BCUT2D eigenvalue weighted by atomic mass is 9.99. The second-order valence-corrected chi connectivity index (χ2v) is 6.14. The van der Waals surface area contributed by atoms with Gasteiger partial charge in [-0.3, -0.25) is 11.3 Å². The van der Waals surface area contributed by atoms with E-state index in [1.165, 1.54) is 24.3 Å². The molecule has 0 heterocycles. The fraction of sp³-hybridized carbons (Fsp3) is 0.143. The normalized spacial score (nSPS) is 12.4. The molecule has 0 aliphatic heterocycles. The number of benzene rings is 2. The molecule has 0 aliphatic rings. The van der Waals surface area contributed by atoms with Gasteiger partial charge in [0, 0.05) is 8.95 Å². The van der Waals surface area contributed by atoms with Crippen LogP contribution in [0.1, 0.15) is 17.2 Å². The Morgan fingerprint density at radius 1 is 1.05 bits per heavy atom. The van der Waals surface area contributed by atoms with Crippen molar-refractivity contribution in [3.05, 3.63) is 68.1 Å². The smallest absolute Gasteiger partial charge is 0.124 e. The molecular weight excluding hydrogens is 394 g/mol. The molecule has 0 amide bonds. The Bertz CT molecular complexity index is 600. The number of nitrogens with two attached hydrogens (primary N) is 1. The van der Waals surface area contributed by atoms with E-state index in [9.17, 15) is 8.78 Å². The lowest BCUT2D eigenvalue weighted by Crippen LogP contribution is -2.30. The van der Waals surface area contributed by atoms with E-state index in [0.717, 1.165) is 10.0 Å². The molecule has 0 aliphatic carbocycles. The first-order chi connectivity index (χ1) is 9.49. The Balaban J connectivity index is 2.31. The van der Waals surface area contributed by atoms with Gasteiger partial charge in [0.15, 0.2) is 0 Å². The van der Waals surface area contributed by atoms with Gasteiger partial charge in [0.05, 0.1) is 6.04 Å². The van der Waals surface area contributed by atoms with E-state index >= 15 is 0 Å². The van der Waals surface area contributed by atoms with Crippen LogP contribution in [0.3, 0.4) is 0 Å². The van der Waals surface area contributed by atoms with E-state index in [4.69, 9.17) is 5.84 Å². The highest BCUT2D eigenvalue weighted by molar-refractivity contribution is 9.10. The molecule has 0 bridgehead atoms. The summed E-state index contributed by atoms with van der Waals surface area (Å²) in [5, 5.41) is 0. The highest BCUT2D eigenvalue weighted by Gasteiger charge is 2.15. The number of hydrazine groups is 1. The average molecular weight is 406 g/mol. The summed E-state index contributed by atoms with van der Waals surface area (Å²) in [6.07, 6.45) is 0.439. The molecule has 1 atom stereocenters. The van der Waals surface area contributed by atoms with E-state index in [2.05, 4.69) is 37.3 Å². The van der Waals surface area contributed by atoms with Gasteiger partial charge in [-0.25, -0.2) is 8.78 Å². The van der Waals surface area contributed by atoms with Crippen LogP contribution < -0.4 is 11.3 Å². The van der Waals surface area contributed by atoms with Crippen molar-refractivity contribution in [2.24, 2.45) is 5.84 Å². The molecule has 0 fully saturated rings. The fourth-order valence-electron chi connectivity index (χ4n) is 2.00. The van der Waals surface area contributed by atoms with Crippen LogP contribution in [0.5, 0.6) is 0 Å². The lowest BCUT2D eigenvalue weighted by Gasteiger charge is -2.18. The Morgan fingerprint density at radius 2 is 1.80 bits per heavy atom.